The Morgan fingerprint density at radius 3 is 2.79 bits per heavy atom. The first-order chi connectivity index (χ1) is 9.17. The number of ether oxygens (including phenoxy) is 1. The van der Waals surface area contributed by atoms with E-state index in [9.17, 15) is 4.39 Å². The Morgan fingerprint density at radius 2 is 2.16 bits per heavy atom. The third-order valence-corrected chi connectivity index (χ3v) is 3.73. The van der Waals surface area contributed by atoms with E-state index in [0.29, 0.717) is 11.8 Å². The van der Waals surface area contributed by atoms with Crippen LogP contribution in [0.4, 0.5) is 4.39 Å². The third-order valence-electron chi connectivity index (χ3n) is 3.73. The van der Waals surface area contributed by atoms with Gasteiger partial charge in [-0.2, -0.15) is 0 Å². The van der Waals surface area contributed by atoms with Gasteiger partial charge in [0.05, 0.1) is 6.61 Å². The molecule has 0 saturated carbocycles. The highest BCUT2D eigenvalue weighted by Crippen LogP contribution is 2.20. The first-order valence-electron chi connectivity index (χ1n) is 7.11. The van der Waals surface area contributed by atoms with Gasteiger partial charge in [-0.3, -0.25) is 0 Å². The Morgan fingerprint density at radius 1 is 1.37 bits per heavy atom. The first-order valence-corrected chi connectivity index (χ1v) is 7.11. The monoisotopic (exact) mass is 267 g/mol. The van der Waals surface area contributed by atoms with Gasteiger partial charge in [0.15, 0.2) is 0 Å². The number of benzene rings is 1. The van der Waals surface area contributed by atoms with E-state index in [1.54, 1.807) is 19.2 Å². The smallest absolute Gasteiger partial charge is 0.123 e. The van der Waals surface area contributed by atoms with Crippen LogP contribution in [-0.4, -0.2) is 26.8 Å². The highest BCUT2D eigenvalue weighted by Gasteiger charge is 2.16. The van der Waals surface area contributed by atoms with Gasteiger partial charge in [0.2, 0.25) is 0 Å². The maximum Gasteiger partial charge on any atom is 0.123 e. The van der Waals surface area contributed by atoms with Crippen molar-refractivity contribution in [2.24, 2.45) is 11.8 Å². The van der Waals surface area contributed by atoms with Gasteiger partial charge in [-0.1, -0.05) is 32.4 Å². The van der Waals surface area contributed by atoms with Crippen molar-refractivity contribution < 1.29 is 9.13 Å². The van der Waals surface area contributed by atoms with Crippen LogP contribution in [0.25, 0.3) is 0 Å². The summed E-state index contributed by atoms with van der Waals surface area (Å²) in [6.45, 7) is 7.02. The molecule has 0 amide bonds. The highest BCUT2D eigenvalue weighted by molar-refractivity contribution is 5.17. The van der Waals surface area contributed by atoms with Crippen LogP contribution < -0.4 is 5.32 Å². The number of rotatable bonds is 9. The van der Waals surface area contributed by atoms with Gasteiger partial charge < -0.3 is 10.1 Å². The molecule has 0 heterocycles. The molecule has 0 aromatic heterocycles. The molecule has 0 bridgehead atoms. The molecule has 3 heteroatoms. The standard InChI is InChI=1S/C16H26FNO/c1-4-13(2)15(12-18-8-9-19-3)10-14-6-5-7-16(17)11-14/h5-7,11,13,15,18H,4,8-10,12H2,1-3H3. The van der Waals surface area contributed by atoms with Crippen molar-refractivity contribution >= 4 is 0 Å². The Labute approximate surface area is 116 Å². The summed E-state index contributed by atoms with van der Waals surface area (Å²) in [5, 5.41) is 3.42. The van der Waals surface area contributed by atoms with Gasteiger partial charge in [0.25, 0.3) is 0 Å². The SMILES string of the molecule is CCC(C)C(CNCCOC)Cc1cccc(F)c1. The molecular formula is C16H26FNO. The summed E-state index contributed by atoms with van der Waals surface area (Å²) in [5.74, 6) is 1.01. The minimum absolute atomic E-state index is 0.146. The van der Waals surface area contributed by atoms with Crippen LogP contribution in [0, 0.1) is 17.7 Å². The minimum atomic E-state index is -0.146. The van der Waals surface area contributed by atoms with Gasteiger partial charge in [0.1, 0.15) is 5.82 Å². The van der Waals surface area contributed by atoms with E-state index in [1.165, 1.54) is 6.07 Å². The molecular weight excluding hydrogens is 241 g/mol. The number of methoxy groups -OCH3 is 1. The topological polar surface area (TPSA) is 21.3 Å². The molecule has 1 N–H and O–H groups in total. The predicted molar refractivity (Wildman–Crippen MR) is 77.8 cm³/mol. The van der Waals surface area contributed by atoms with E-state index in [2.05, 4.69) is 19.2 Å². The Kier molecular flexibility index (Phi) is 7.68. The minimum Gasteiger partial charge on any atom is -0.383 e. The zero-order chi connectivity index (χ0) is 14.1. The maximum atomic E-state index is 13.2. The average molecular weight is 267 g/mol. The summed E-state index contributed by atoms with van der Waals surface area (Å²) in [6, 6.07) is 6.94. The quantitative estimate of drug-likeness (QED) is 0.693. The second-order valence-corrected chi connectivity index (χ2v) is 5.18. The summed E-state index contributed by atoms with van der Waals surface area (Å²) in [6.07, 6.45) is 2.07. The molecule has 0 fully saturated rings. The highest BCUT2D eigenvalue weighted by atomic mass is 19.1. The molecule has 19 heavy (non-hydrogen) atoms. The lowest BCUT2D eigenvalue weighted by Gasteiger charge is -2.23. The average Bonchev–Trinajstić information content (AvgIpc) is 2.41. The number of nitrogens with one attached hydrogen (secondary N) is 1. The molecule has 0 saturated heterocycles. The van der Waals surface area contributed by atoms with Gasteiger partial charge in [-0.05, 0) is 42.5 Å². The fourth-order valence-electron chi connectivity index (χ4n) is 2.24. The van der Waals surface area contributed by atoms with E-state index in [-0.39, 0.29) is 5.82 Å². The normalized spacial score (nSPS) is 14.3. The fraction of sp³-hybridized carbons (Fsp3) is 0.625. The van der Waals surface area contributed by atoms with Crippen LogP contribution in [0.3, 0.4) is 0 Å². The molecule has 1 rings (SSSR count). The summed E-state index contributed by atoms with van der Waals surface area (Å²) in [5.41, 5.74) is 1.08. The number of halogens is 1. The number of hydrogen-bond donors (Lipinski definition) is 1. The van der Waals surface area contributed by atoms with E-state index in [0.717, 1.165) is 38.1 Å². The van der Waals surface area contributed by atoms with E-state index < -0.39 is 0 Å². The van der Waals surface area contributed by atoms with Crippen LogP contribution in [-0.2, 0) is 11.2 Å². The van der Waals surface area contributed by atoms with E-state index >= 15 is 0 Å². The summed E-state index contributed by atoms with van der Waals surface area (Å²) in [7, 11) is 1.71. The summed E-state index contributed by atoms with van der Waals surface area (Å²) in [4.78, 5) is 0. The molecule has 0 aliphatic carbocycles. The van der Waals surface area contributed by atoms with Gasteiger partial charge in [0, 0.05) is 13.7 Å². The van der Waals surface area contributed by atoms with Crippen molar-refractivity contribution in [2.75, 3.05) is 26.8 Å². The first kappa shape index (κ1) is 16.1. The molecule has 0 aliphatic heterocycles. The van der Waals surface area contributed by atoms with Crippen molar-refractivity contribution in [3.63, 3.8) is 0 Å². The molecule has 1 aromatic carbocycles. The van der Waals surface area contributed by atoms with Gasteiger partial charge >= 0.3 is 0 Å². The van der Waals surface area contributed by atoms with Gasteiger partial charge in [-0.25, -0.2) is 4.39 Å². The maximum absolute atomic E-state index is 13.2. The lowest BCUT2D eigenvalue weighted by molar-refractivity contribution is 0.195. The Hall–Kier alpha value is -0.930. The second kappa shape index (κ2) is 9.05. The molecule has 2 unspecified atom stereocenters. The van der Waals surface area contributed by atoms with Crippen LogP contribution in [0.15, 0.2) is 24.3 Å². The predicted octanol–water partition coefficient (Wildman–Crippen LogP) is 3.27. The van der Waals surface area contributed by atoms with Crippen LogP contribution >= 0.6 is 0 Å². The second-order valence-electron chi connectivity index (χ2n) is 5.18. The lowest BCUT2D eigenvalue weighted by Crippen LogP contribution is -2.30. The lowest BCUT2D eigenvalue weighted by atomic mass is 9.86. The number of hydrogen-bond acceptors (Lipinski definition) is 2. The third kappa shape index (κ3) is 6.17. The van der Waals surface area contributed by atoms with Crippen molar-refractivity contribution in [2.45, 2.75) is 26.7 Å². The van der Waals surface area contributed by atoms with E-state index in [4.69, 9.17) is 4.74 Å². The molecule has 108 valence electrons. The van der Waals surface area contributed by atoms with Gasteiger partial charge in [-0.15, -0.1) is 0 Å². The summed E-state index contributed by atoms with van der Waals surface area (Å²) < 4.78 is 18.3. The molecule has 0 radical (unpaired) electrons. The van der Waals surface area contributed by atoms with Crippen molar-refractivity contribution in [3.8, 4) is 0 Å². The van der Waals surface area contributed by atoms with Crippen molar-refractivity contribution in [1.29, 1.82) is 0 Å². The molecule has 0 spiro atoms. The van der Waals surface area contributed by atoms with Crippen LogP contribution in [0.5, 0.6) is 0 Å². The zero-order valence-electron chi connectivity index (χ0n) is 12.3. The molecule has 2 nitrogen and oxygen atoms in total. The van der Waals surface area contributed by atoms with Crippen molar-refractivity contribution in [1.82, 2.24) is 5.32 Å². The molecule has 1 aromatic rings. The van der Waals surface area contributed by atoms with Crippen LogP contribution in [0.2, 0.25) is 0 Å². The van der Waals surface area contributed by atoms with E-state index in [1.807, 2.05) is 6.07 Å². The molecule has 0 aliphatic rings. The van der Waals surface area contributed by atoms with Crippen molar-refractivity contribution in [3.05, 3.63) is 35.6 Å². The Balaban J connectivity index is 2.53. The Bertz CT molecular complexity index is 356. The largest absolute Gasteiger partial charge is 0.383 e. The zero-order valence-corrected chi connectivity index (χ0v) is 12.3. The fourth-order valence-corrected chi connectivity index (χ4v) is 2.24. The molecule has 2 atom stereocenters. The summed E-state index contributed by atoms with van der Waals surface area (Å²) >= 11 is 0. The van der Waals surface area contributed by atoms with Crippen LogP contribution in [0.1, 0.15) is 25.8 Å².